The van der Waals surface area contributed by atoms with Gasteiger partial charge in [-0.25, -0.2) is 0 Å². The molecule has 0 aromatic heterocycles. The molecule has 1 nitrogen and oxygen atoms in total. The second-order valence-electron chi connectivity index (χ2n) is 1.38. The van der Waals surface area contributed by atoms with Gasteiger partial charge in [0, 0.05) is 9.90 Å². The summed E-state index contributed by atoms with van der Waals surface area (Å²) < 4.78 is 0. The van der Waals surface area contributed by atoms with Crippen molar-refractivity contribution in [2.45, 2.75) is 12.8 Å². The van der Waals surface area contributed by atoms with Crippen molar-refractivity contribution in [1.82, 2.24) is 0 Å². The maximum atomic E-state index is 7.01. The minimum Gasteiger partial charge on any atom is -0.298 e. The molecule has 1 N–H and O–H groups in total. The fourth-order valence-electron chi connectivity index (χ4n) is 0.500. The second-order valence-corrected chi connectivity index (χ2v) is 2.56. The predicted molar refractivity (Wildman–Crippen MR) is 36.3 cm³/mol. The first-order valence-electron chi connectivity index (χ1n) is 2.10. The molecule has 0 aromatic rings. The van der Waals surface area contributed by atoms with Crippen LogP contribution in [0.15, 0.2) is 0 Å². The topological polar surface area (TPSA) is 23.9 Å². The largest absolute Gasteiger partial charge is 0.298 e. The lowest BCUT2D eigenvalue weighted by molar-refractivity contribution is 1.04. The van der Waals surface area contributed by atoms with E-state index in [-0.39, 0.29) is 9.90 Å². The van der Waals surface area contributed by atoms with Gasteiger partial charge in [0.15, 0.2) is 0 Å². The standard InChI is InChI=1S/C4H7NS.P/c5-4-2-1-3-6-4;/h5H,1-3H2;. The molecule has 39 valence electrons. The summed E-state index contributed by atoms with van der Waals surface area (Å²) in [7, 11) is 0. The van der Waals surface area contributed by atoms with Gasteiger partial charge in [-0.05, 0) is 18.6 Å². The smallest absolute Gasteiger partial charge is 0.0641 e. The zero-order chi connectivity index (χ0) is 4.41. The van der Waals surface area contributed by atoms with E-state index in [1.54, 1.807) is 11.8 Å². The van der Waals surface area contributed by atoms with Gasteiger partial charge in [-0.2, -0.15) is 0 Å². The summed E-state index contributed by atoms with van der Waals surface area (Å²) in [4.78, 5) is 0. The van der Waals surface area contributed by atoms with Gasteiger partial charge < -0.3 is 0 Å². The van der Waals surface area contributed by atoms with Crippen LogP contribution >= 0.6 is 21.7 Å². The Balaban J connectivity index is 0.000000360. The van der Waals surface area contributed by atoms with Crippen LogP contribution in [-0.2, 0) is 0 Å². The van der Waals surface area contributed by atoms with Crippen molar-refractivity contribution < 1.29 is 0 Å². The molecule has 1 rings (SSSR count). The first-order chi connectivity index (χ1) is 2.89. The Morgan fingerprint density at radius 3 is 2.43 bits per heavy atom. The van der Waals surface area contributed by atoms with Crippen LogP contribution in [-0.4, -0.2) is 10.8 Å². The molecule has 0 spiro atoms. The Labute approximate surface area is 51.4 Å². The third-order valence-corrected chi connectivity index (χ3v) is 1.87. The fourth-order valence-corrected chi connectivity index (χ4v) is 1.32. The number of thioether (sulfide) groups is 1. The Hall–Kier alpha value is 0.450. The molecule has 7 heavy (non-hydrogen) atoms. The van der Waals surface area contributed by atoms with Crippen LogP contribution < -0.4 is 0 Å². The maximum Gasteiger partial charge on any atom is 0.0641 e. The van der Waals surface area contributed by atoms with Gasteiger partial charge in [-0.15, -0.1) is 11.8 Å². The van der Waals surface area contributed by atoms with Crippen molar-refractivity contribution in [3.63, 3.8) is 0 Å². The van der Waals surface area contributed by atoms with E-state index in [9.17, 15) is 0 Å². The van der Waals surface area contributed by atoms with Gasteiger partial charge in [0.05, 0.1) is 5.04 Å². The van der Waals surface area contributed by atoms with Gasteiger partial charge in [0.2, 0.25) is 0 Å². The van der Waals surface area contributed by atoms with Crippen LogP contribution in [0.5, 0.6) is 0 Å². The molecule has 1 heterocycles. The summed E-state index contributed by atoms with van der Waals surface area (Å²) >= 11 is 1.68. The Bertz CT molecular complexity index is 66.1. The van der Waals surface area contributed by atoms with Crippen molar-refractivity contribution in [2.24, 2.45) is 0 Å². The molecule has 0 unspecified atom stereocenters. The Morgan fingerprint density at radius 2 is 2.29 bits per heavy atom. The van der Waals surface area contributed by atoms with E-state index < -0.39 is 0 Å². The molecule has 1 aliphatic heterocycles. The zero-order valence-corrected chi connectivity index (χ0v) is 5.69. The molecule has 0 saturated carbocycles. The van der Waals surface area contributed by atoms with E-state index in [0.29, 0.717) is 0 Å². The summed E-state index contributed by atoms with van der Waals surface area (Å²) in [5.41, 5.74) is 0. The monoisotopic (exact) mass is 132 g/mol. The van der Waals surface area contributed by atoms with Crippen LogP contribution in [0.1, 0.15) is 12.8 Å². The highest BCUT2D eigenvalue weighted by Gasteiger charge is 2.04. The van der Waals surface area contributed by atoms with Crippen LogP contribution in [0.2, 0.25) is 0 Å². The van der Waals surface area contributed by atoms with Crippen molar-refractivity contribution in [3.8, 4) is 0 Å². The van der Waals surface area contributed by atoms with Gasteiger partial charge in [0.1, 0.15) is 0 Å². The van der Waals surface area contributed by atoms with Crippen molar-refractivity contribution in [3.05, 3.63) is 0 Å². The highest BCUT2D eigenvalue weighted by molar-refractivity contribution is 8.14. The summed E-state index contributed by atoms with van der Waals surface area (Å²) in [5.74, 6) is 1.18. The first kappa shape index (κ1) is 7.45. The Kier molecular flexibility index (Phi) is 3.67. The van der Waals surface area contributed by atoms with Crippen molar-refractivity contribution in [2.75, 3.05) is 5.75 Å². The van der Waals surface area contributed by atoms with Gasteiger partial charge in [-0.1, -0.05) is 0 Å². The lowest BCUT2D eigenvalue weighted by Gasteiger charge is -1.77. The lowest BCUT2D eigenvalue weighted by atomic mass is 10.4. The van der Waals surface area contributed by atoms with Crippen LogP contribution in [0, 0.1) is 5.41 Å². The van der Waals surface area contributed by atoms with E-state index in [1.807, 2.05) is 0 Å². The van der Waals surface area contributed by atoms with Crippen molar-refractivity contribution in [1.29, 1.82) is 5.41 Å². The van der Waals surface area contributed by atoms with Crippen LogP contribution in [0.4, 0.5) is 0 Å². The molecule has 0 aromatic carbocycles. The molecule has 0 atom stereocenters. The van der Waals surface area contributed by atoms with Gasteiger partial charge >= 0.3 is 0 Å². The third-order valence-electron chi connectivity index (χ3n) is 0.824. The summed E-state index contributed by atoms with van der Waals surface area (Å²) in [6.07, 6.45) is 2.26. The molecule has 1 aliphatic rings. The average Bonchev–Trinajstić information content (AvgIpc) is 1.86. The summed E-state index contributed by atoms with van der Waals surface area (Å²) in [6, 6.07) is 0. The molecule has 0 aliphatic carbocycles. The predicted octanol–water partition coefficient (Wildman–Crippen LogP) is 2.35. The fraction of sp³-hybridized carbons (Fsp3) is 0.750. The SMILES string of the molecule is N=C1CCCS1.[P]. The minimum absolute atomic E-state index is 0. The minimum atomic E-state index is 0. The Morgan fingerprint density at radius 1 is 1.57 bits per heavy atom. The molecular formula is C4H7NPS. The molecule has 0 bridgehead atoms. The van der Waals surface area contributed by atoms with E-state index in [1.165, 1.54) is 12.2 Å². The van der Waals surface area contributed by atoms with E-state index >= 15 is 0 Å². The molecule has 3 heteroatoms. The quantitative estimate of drug-likeness (QED) is 0.502. The maximum absolute atomic E-state index is 7.01. The number of hydrogen-bond acceptors (Lipinski definition) is 2. The number of hydrogen-bond donors (Lipinski definition) is 1. The number of nitrogens with one attached hydrogen (secondary N) is 1. The van der Waals surface area contributed by atoms with E-state index in [2.05, 4.69) is 0 Å². The second kappa shape index (κ2) is 3.45. The van der Waals surface area contributed by atoms with Crippen LogP contribution in [0.3, 0.4) is 0 Å². The highest BCUT2D eigenvalue weighted by atomic mass is 32.2. The molecular weight excluding hydrogens is 125 g/mol. The zero-order valence-electron chi connectivity index (χ0n) is 3.98. The van der Waals surface area contributed by atoms with E-state index in [4.69, 9.17) is 5.41 Å². The van der Waals surface area contributed by atoms with Crippen LogP contribution in [0.25, 0.3) is 0 Å². The third kappa shape index (κ3) is 2.30. The summed E-state index contributed by atoms with van der Waals surface area (Å²) in [6.45, 7) is 0. The van der Waals surface area contributed by atoms with Gasteiger partial charge in [-0.3, -0.25) is 5.41 Å². The molecule has 1 saturated heterocycles. The summed E-state index contributed by atoms with van der Waals surface area (Å²) in [5, 5.41) is 7.88. The molecule has 3 radical (unpaired) electrons. The lowest BCUT2D eigenvalue weighted by Crippen LogP contribution is -1.73. The molecule has 0 amide bonds. The van der Waals surface area contributed by atoms with Crippen molar-refractivity contribution >= 4 is 26.7 Å². The average molecular weight is 132 g/mol. The first-order valence-corrected chi connectivity index (χ1v) is 3.08. The van der Waals surface area contributed by atoms with E-state index in [0.717, 1.165) is 11.5 Å². The van der Waals surface area contributed by atoms with Gasteiger partial charge in [0.25, 0.3) is 0 Å². The number of rotatable bonds is 0. The normalized spacial score (nSPS) is 19.1. The highest BCUT2D eigenvalue weighted by Crippen LogP contribution is 2.17. The molecule has 1 fully saturated rings.